The second-order valence-corrected chi connectivity index (χ2v) is 7.44. The maximum absolute atomic E-state index is 12.9. The van der Waals surface area contributed by atoms with Gasteiger partial charge in [0.25, 0.3) is 0 Å². The largest absolute Gasteiger partial charge is 0.417 e. The minimum absolute atomic E-state index is 0.166. The van der Waals surface area contributed by atoms with Crippen molar-refractivity contribution >= 4 is 17.4 Å². The summed E-state index contributed by atoms with van der Waals surface area (Å²) in [4.78, 5) is 19.3. The molecule has 1 fully saturated rings. The number of nitrogens with zero attached hydrogens (tertiary/aromatic N) is 5. The lowest BCUT2D eigenvalue weighted by Crippen LogP contribution is -2.40. The molecule has 156 valence electrons. The highest BCUT2D eigenvalue weighted by Gasteiger charge is 2.31. The average molecular weight is 435 g/mol. The highest BCUT2D eigenvalue weighted by Crippen LogP contribution is 2.35. The minimum Gasteiger partial charge on any atom is -0.355 e. The summed E-state index contributed by atoms with van der Waals surface area (Å²) in [7, 11) is 0. The summed E-state index contributed by atoms with van der Waals surface area (Å²) in [5.41, 5.74) is 6.77. The molecule has 4 heterocycles. The Labute approximate surface area is 176 Å². The fourth-order valence-corrected chi connectivity index (χ4v) is 3.51. The molecule has 0 aromatic carbocycles. The van der Waals surface area contributed by atoms with Crippen molar-refractivity contribution in [1.29, 1.82) is 0 Å². The van der Waals surface area contributed by atoms with E-state index in [0.717, 1.165) is 38.2 Å². The van der Waals surface area contributed by atoms with Gasteiger partial charge in [-0.05, 0) is 31.0 Å². The summed E-state index contributed by atoms with van der Waals surface area (Å²) < 4.78 is 38.7. The van der Waals surface area contributed by atoms with E-state index in [0.29, 0.717) is 27.8 Å². The SMILES string of the molecule is NC1CCN(c2cnc(-c3ccc(C(F)(F)F)cn3)c(-c3ccncc3Cl)n2)CC1. The van der Waals surface area contributed by atoms with Crippen molar-refractivity contribution in [2.45, 2.75) is 25.1 Å². The first kappa shape index (κ1) is 20.5. The van der Waals surface area contributed by atoms with E-state index in [9.17, 15) is 13.2 Å². The number of pyridine rings is 2. The van der Waals surface area contributed by atoms with Crippen LogP contribution < -0.4 is 10.6 Å². The first-order valence-electron chi connectivity index (χ1n) is 9.34. The van der Waals surface area contributed by atoms with Crippen molar-refractivity contribution in [3.63, 3.8) is 0 Å². The second-order valence-electron chi connectivity index (χ2n) is 7.04. The Bertz CT molecular complexity index is 1030. The number of nitrogens with two attached hydrogens (primary N) is 1. The molecule has 4 rings (SSSR count). The smallest absolute Gasteiger partial charge is 0.355 e. The third kappa shape index (κ3) is 4.22. The van der Waals surface area contributed by atoms with E-state index in [1.807, 2.05) is 0 Å². The summed E-state index contributed by atoms with van der Waals surface area (Å²) in [6, 6.07) is 4.11. The molecular formula is C20H18ClF3N6. The number of aromatic nitrogens is 4. The maximum Gasteiger partial charge on any atom is 0.417 e. The average Bonchev–Trinajstić information content (AvgIpc) is 2.74. The van der Waals surface area contributed by atoms with Gasteiger partial charge in [0.2, 0.25) is 0 Å². The van der Waals surface area contributed by atoms with E-state index in [-0.39, 0.29) is 11.7 Å². The van der Waals surface area contributed by atoms with Gasteiger partial charge in [0.1, 0.15) is 17.2 Å². The lowest BCUT2D eigenvalue weighted by Gasteiger charge is -2.31. The van der Waals surface area contributed by atoms with Gasteiger partial charge in [-0.15, -0.1) is 0 Å². The molecule has 1 aliphatic heterocycles. The highest BCUT2D eigenvalue weighted by molar-refractivity contribution is 6.33. The number of rotatable bonds is 3. The molecule has 0 bridgehead atoms. The van der Waals surface area contributed by atoms with Gasteiger partial charge in [-0.2, -0.15) is 13.2 Å². The van der Waals surface area contributed by atoms with Crippen LogP contribution in [0.5, 0.6) is 0 Å². The molecule has 0 aliphatic carbocycles. The molecule has 3 aromatic heterocycles. The standard InChI is InChI=1S/C20H18ClF3N6/c21-15-10-26-6-3-14(15)18-19(16-2-1-12(9-27-16)20(22,23)24)28-11-17(29-18)30-7-4-13(25)5-8-30/h1-3,6,9-11,13H,4-5,7-8,25H2. The Balaban J connectivity index is 1.79. The highest BCUT2D eigenvalue weighted by atomic mass is 35.5. The van der Waals surface area contributed by atoms with Crippen LogP contribution >= 0.6 is 11.6 Å². The molecule has 0 saturated carbocycles. The summed E-state index contributed by atoms with van der Waals surface area (Å²) in [5, 5.41) is 0.359. The molecule has 0 atom stereocenters. The van der Waals surface area contributed by atoms with Gasteiger partial charge in [-0.3, -0.25) is 9.97 Å². The third-order valence-electron chi connectivity index (χ3n) is 4.98. The Hall–Kier alpha value is -2.78. The lowest BCUT2D eigenvalue weighted by molar-refractivity contribution is -0.137. The first-order valence-corrected chi connectivity index (χ1v) is 9.72. The number of piperidine rings is 1. The molecule has 1 saturated heterocycles. The normalized spacial score (nSPS) is 15.4. The topological polar surface area (TPSA) is 80.8 Å². The van der Waals surface area contributed by atoms with Gasteiger partial charge in [0.05, 0.1) is 22.5 Å². The van der Waals surface area contributed by atoms with E-state index in [4.69, 9.17) is 22.3 Å². The number of hydrogen-bond acceptors (Lipinski definition) is 6. The first-order chi connectivity index (χ1) is 14.3. The predicted molar refractivity (Wildman–Crippen MR) is 108 cm³/mol. The van der Waals surface area contributed by atoms with Crippen LogP contribution in [0.1, 0.15) is 18.4 Å². The molecule has 3 aromatic rings. The van der Waals surface area contributed by atoms with Crippen molar-refractivity contribution in [2.24, 2.45) is 5.73 Å². The summed E-state index contributed by atoms with van der Waals surface area (Å²) in [5.74, 6) is 0.653. The monoisotopic (exact) mass is 434 g/mol. The lowest BCUT2D eigenvalue weighted by atomic mass is 10.1. The van der Waals surface area contributed by atoms with Gasteiger partial charge in [-0.25, -0.2) is 9.97 Å². The van der Waals surface area contributed by atoms with Gasteiger partial charge in [0, 0.05) is 43.3 Å². The Morgan fingerprint density at radius 2 is 1.77 bits per heavy atom. The molecule has 0 spiro atoms. The van der Waals surface area contributed by atoms with Crippen molar-refractivity contribution in [3.05, 3.63) is 53.6 Å². The molecule has 0 amide bonds. The van der Waals surface area contributed by atoms with Crippen molar-refractivity contribution in [3.8, 4) is 22.6 Å². The van der Waals surface area contributed by atoms with Crippen LogP contribution in [0.2, 0.25) is 5.02 Å². The number of halogens is 4. The zero-order valence-electron chi connectivity index (χ0n) is 15.8. The Morgan fingerprint density at radius 3 is 2.40 bits per heavy atom. The van der Waals surface area contributed by atoms with Crippen LogP contribution in [-0.4, -0.2) is 39.1 Å². The van der Waals surface area contributed by atoms with Crippen molar-refractivity contribution < 1.29 is 13.2 Å². The van der Waals surface area contributed by atoms with E-state index >= 15 is 0 Å². The Morgan fingerprint density at radius 1 is 1.00 bits per heavy atom. The number of alkyl halides is 3. The van der Waals surface area contributed by atoms with Crippen LogP contribution in [0, 0.1) is 0 Å². The molecular weight excluding hydrogens is 417 g/mol. The Kier molecular flexibility index (Phi) is 5.57. The second kappa shape index (κ2) is 8.16. The van der Waals surface area contributed by atoms with Crippen LogP contribution in [0.25, 0.3) is 22.6 Å². The van der Waals surface area contributed by atoms with E-state index in [1.165, 1.54) is 12.3 Å². The van der Waals surface area contributed by atoms with Gasteiger partial charge in [0.15, 0.2) is 0 Å². The van der Waals surface area contributed by atoms with Gasteiger partial charge >= 0.3 is 6.18 Å². The van der Waals surface area contributed by atoms with Crippen LogP contribution in [0.4, 0.5) is 19.0 Å². The van der Waals surface area contributed by atoms with Crippen LogP contribution in [0.3, 0.4) is 0 Å². The fraction of sp³-hybridized carbons (Fsp3) is 0.300. The van der Waals surface area contributed by atoms with Crippen LogP contribution in [-0.2, 0) is 6.18 Å². The van der Waals surface area contributed by atoms with Gasteiger partial charge in [-0.1, -0.05) is 11.6 Å². The van der Waals surface area contributed by atoms with Gasteiger partial charge < -0.3 is 10.6 Å². The van der Waals surface area contributed by atoms with Crippen LogP contribution in [0.15, 0.2) is 43.0 Å². The minimum atomic E-state index is -4.46. The summed E-state index contributed by atoms with van der Waals surface area (Å²) in [6.07, 6.45) is 2.66. The predicted octanol–water partition coefficient (Wildman–Crippen LogP) is 4.20. The van der Waals surface area contributed by atoms with E-state index in [1.54, 1.807) is 18.5 Å². The molecule has 30 heavy (non-hydrogen) atoms. The van der Waals surface area contributed by atoms with Crippen molar-refractivity contribution in [2.75, 3.05) is 18.0 Å². The molecule has 6 nitrogen and oxygen atoms in total. The molecule has 2 N–H and O–H groups in total. The molecule has 1 aliphatic rings. The quantitative estimate of drug-likeness (QED) is 0.665. The third-order valence-corrected chi connectivity index (χ3v) is 5.29. The fourth-order valence-electron chi connectivity index (χ4n) is 3.30. The molecule has 10 heteroatoms. The zero-order valence-corrected chi connectivity index (χ0v) is 16.5. The van der Waals surface area contributed by atoms with E-state index in [2.05, 4.69) is 19.9 Å². The maximum atomic E-state index is 12.9. The summed E-state index contributed by atoms with van der Waals surface area (Å²) in [6.45, 7) is 1.49. The number of anilines is 1. The summed E-state index contributed by atoms with van der Waals surface area (Å²) >= 11 is 6.33. The van der Waals surface area contributed by atoms with Crippen molar-refractivity contribution in [1.82, 2.24) is 19.9 Å². The molecule has 0 unspecified atom stereocenters. The molecule has 0 radical (unpaired) electrons. The zero-order chi connectivity index (χ0) is 21.3. The van der Waals surface area contributed by atoms with E-state index < -0.39 is 11.7 Å². The number of hydrogen-bond donors (Lipinski definition) is 1.